The molecule has 1 aliphatic rings. The van der Waals surface area contributed by atoms with Crippen molar-refractivity contribution in [2.75, 3.05) is 20.1 Å². The number of hydrogen-bond acceptors (Lipinski definition) is 3. The third kappa shape index (κ3) is 4.21. The molecule has 6 heteroatoms. The molecule has 0 bridgehead atoms. The Morgan fingerprint density at radius 1 is 1.25 bits per heavy atom. The van der Waals surface area contributed by atoms with Crippen molar-refractivity contribution in [3.63, 3.8) is 0 Å². The van der Waals surface area contributed by atoms with Crippen LogP contribution in [0.5, 0.6) is 0 Å². The molecule has 0 unspecified atom stereocenters. The standard InChI is InChI=1S/C14H25N3O3/c1-14(2,3)13(20)17-9-5-6-10(17)12(19)16-8-7-11(18)15-4/h10H,5-9H2,1-4H3,(H,15,18)(H,16,19)/t10-/m0/s1. The lowest BCUT2D eigenvalue weighted by molar-refractivity contribution is -0.144. The molecular formula is C14H25N3O3. The van der Waals surface area contributed by atoms with E-state index in [9.17, 15) is 14.4 Å². The van der Waals surface area contributed by atoms with Gasteiger partial charge < -0.3 is 15.5 Å². The average Bonchev–Trinajstić information content (AvgIpc) is 2.85. The highest BCUT2D eigenvalue weighted by Gasteiger charge is 2.38. The fourth-order valence-corrected chi connectivity index (χ4v) is 2.26. The van der Waals surface area contributed by atoms with E-state index in [-0.39, 0.29) is 24.1 Å². The lowest BCUT2D eigenvalue weighted by atomic mass is 9.94. The molecule has 2 N–H and O–H groups in total. The molecule has 1 fully saturated rings. The minimum Gasteiger partial charge on any atom is -0.359 e. The summed E-state index contributed by atoms with van der Waals surface area (Å²) >= 11 is 0. The maximum atomic E-state index is 12.3. The molecule has 1 aliphatic heterocycles. The van der Waals surface area contributed by atoms with Crippen LogP contribution in [-0.4, -0.2) is 48.8 Å². The van der Waals surface area contributed by atoms with E-state index in [0.29, 0.717) is 19.5 Å². The summed E-state index contributed by atoms with van der Waals surface area (Å²) in [5.74, 6) is -0.273. The first kappa shape index (κ1) is 16.5. The van der Waals surface area contributed by atoms with Gasteiger partial charge in [0.1, 0.15) is 6.04 Å². The molecule has 0 aromatic carbocycles. The van der Waals surface area contributed by atoms with Crippen molar-refractivity contribution >= 4 is 17.7 Å². The average molecular weight is 283 g/mol. The molecule has 0 saturated carbocycles. The number of nitrogens with zero attached hydrogens (tertiary/aromatic N) is 1. The summed E-state index contributed by atoms with van der Waals surface area (Å²) in [7, 11) is 1.56. The largest absolute Gasteiger partial charge is 0.359 e. The van der Waals surface area contributed by atoms with E-state index >= 15 is 0 Å². The van der Waals surface area contributed by atoms with Crippen LogP contribution < -0.4 is 10.6 Å². The molecule has 0 aromatic heterocycles. The zero-order valence-electron chi connectivity index (χ0n) is 12.8. The molecule has 0 aliphatic carbocycles. The van der Waals surface area contributed by atoms with Crippen molar-refractivity contribution in [3.05, 3.63) is 0 Å². The van der Waals surface area contributed by atoms with Gasteiger partial charge >= 0.3 is 0 Å². The molecular weight excluding hydrogens is 258 g/mol. The Balaban J connectivity index is 2.54. The summed E-state index contributed by atoms with van der Waals surface area (Å²) in [6, 6.07) is -0.397. The van der Waals surface area contributed by atoms with Gasteiger partial charge in [0.05, 0.1) is 0 Å². The minimum atomic E-state index is -0.481. The Morgan fingerprint density at radius 2 is 1.90 bits per heavy atom. The van der Waals surface area contributed by atoms with Crippen molar-refractivity contribution in [2.24, 2.45) is 5.41 Å². The van der Waals surface area contributed by atoms with Gasteiger partial charge in [-0.2, -0.15) is 0 Å². The molecule has 1 saturated heterocycles. The Labute approximate surface area is 120 Å². The van der Waals surface area contributed by atoms with Crippen LogP contribution in [0.1, 0.15) is 40.0 Å². The third-order valence-corrected chi connectivity index (χ3v) is 3.39. The summed E-state index contributed by atoms with van der Waals surface area (Å²) < 4.78 is 0. The van der Waals surface area contributed by atoms with Crippen molar-refractivity contribution in [2.45, 2.75) is 46.1 Å². The normalized spacial score (nSPS) is 18.8. The van der Waals surface area contributed by atoms with E-state index in [2.05, 4.69) is 10.6 Å². The van der Waals surface area contributed by atoms with Gasteiger partial charge in [-0.1, -0.05) is 20.8 Å². The SMILES string of the molecule is CNC(=O)CCNC(=O)[C@@H]1CCCN1C(=O)C(C)(C)C. The molecule has 1 atom stereocenters. The van der Waals surface area contributed by atoms with Gasteiger partial charge in [0.2, 0.25) is 17.7 Å². The number of hydrogen-bond donors (Lipinski definition) is 2. The molecule has 0 spiro atoms. The van der Waals surface area contributed by atoms with E-state index < -0.39 is 11.5 Å². The highest BCUT2D eigenvalue weighted by Crippen LogP contribution is 2.25. The Bertz CT molecular complexity index is 388. The van der Waals surface area contributed by atoms with Gasteiger partial charge in [-0.05, 0) is 12.8 Å². The van der Waals surface area contributed by atoms with Crippen molar-refractivity contribution in [1.82, 2.24) is 15.5 Å². The zero-order chi connectivity index (χ0) is 15.3. The summed E-state index contributed by atoms with van der Waals surface area (Å²) in [4.78, 5) is 37.2. The third-order valence-electron chi connectivity index (χ3n) is 3.39. The number of carbonyl (C=O) groups excluding carboxylic acids is 3. The second-order valence-electron chi connectivity index (χ2n) is 6.12. The first-order valence-electron chi connectivity index (χ1n) is 7.06. The molecule has 20 heavy (non-hydrogen) atoms. The molecule has 3 amide bonds. The van der Waals surface area contributed by atoms with E-state index in [0.717, 1.165) is 6.42 Å². The maximum absolute atomic E-state index is 12.3. The van der Waals surface area contributed by atoms with Crippen LogP contribution >= 0.6 is 0 Å². The topological polar surface area (TPSA) is 78.5 Å². The number of rotatable bonds is 4. The van der Waals surface area contributed by atoms with Gasteiger partial charge in [0, 0.05) is 32.0 Å². The van der Waals surface area contributed by atoms with Crippen LogP contribution in [0.2, 0.25) is 0 Å². The van der Waals surface area contributed by atoms with Gasteiger partial charge in [-0.15, -0.1) is 0 Å². The second-order valence-corrected chi connectivity index (χ2v) is 6.12. The predicted molar refractivity (Wildman–Crippen MR) is 75.9 cm³/mol. The van der Waals surface area contributed by atoms with Gasteiger partial charge in [0.25, 0.3) is 0 Å². The summed E-state index contributed by atoms with van der Waals surface area (Å²) in [6.07, 6.45) is 1.78. The van der Waals surface area contributed by atoms with Gasteiger partial charge in [-0.3, -0.25) is 14.4 Å². The van der Waals surface area contributed by atoms with Crippen molar-refractivity contribution in [3.8, 4) is 0 Å². The molecule has 1 heterocycles. The van der Waals surface area contributed by atoms with Crippen molar-refractivity contribution in [1.29, 1.82) is 0 Å². The van der Waals surface area contributed by atoms with E-state index in [1.165, 1.54) is 0 Å². The Morgan fingerprint density at radius 3 is 2.45 bits per heavy atom. The maximum Gasteiger partial charge on any atom is 0.242 e. The van der Waals surface area contributed by atoms with Gasteiger partial charge in [-0.25, -0.2) is 0 Å². The number of likely N-dealkylation sites (tertiary alicyclic amines) is 1. The molecule has 114 valence electrons. The quantitative estimate of drug-likeness (QED) is 0.777. The Hall–Kier alpha value is -1.59. The summed E-state index contributed by atoms with van der Waals surface area (Å²) in [5, 5.41) is 5.23. The first-order chi connectivity index (χ1) is 9.27. The molecule has 6 nitrogen and oxygen atoms in total. The lowest BCUT2D eigenvalue weighted by Crippen LogP contribution is -2.49. The van der Waals surface area contributed by atoms with Crippen LogP contribution in [0.25, 0.3) is 0 Å². The van der Waals surface area contributed by atoms with Crippen LogP contribution in [0.4, 0.5) is 0 Å². The smallest absolute Gasteiger partial charge is 0.242 e. The van der Waals surface area contributed by atoms with Crippen LogP contribution in [0.15, 0.2) is 0 Å². The van der Waals surface area contributed by atoms with Crippen LogP contribution in [0.3, 0.4) is 0 Å². The predicted octanol–water partition coefficient (Wildman–Crippen LogP) is 0.276. The molecule has 1 rings (SSSR count). The number of amides is 3. The first-order valence-corrected chi connectivity index (χ1v) is 7.06. The van der Waals surface area contributed by atoms with Crippen molar-refractivity contribution < 1.29 is 14.4 Å². The zero-order valence-corrected chi connectivity index (χ0v) is 12.8. The summed E-state index contributed by atoms with van der Waals surface area (Å²) in [6.45, 7) is 6.49. The van der Waals surface area contributed by atoms with Crippen LogP contribution in [-0.2, 0) is 14.4 Å². The monoisotopic (exact) mass is 283 g/mol. The minimum absolute atomic E-state index is 0.00134. The van der Waals surface area contributed by atoms with Gasteiger partial charge in [0.15, 0.2) is 0 Å². The number of carbonyl (C=O) groups is 3. The fourth-order valence-electron chi connectivity index (χ4n) is 2.26. The van der Waals surface area contributed by atoms with Crippen LogP contribution in [0, 0.1) is 5.41 Å². The highest BCUT2D eigenvalue weighted by atomic mass is 16.2. The number of nitrogens with one attached hydrogen (secondary N) is 2. The highest BCUT2D eigenvalue weighted by molar-refractivity contribution is 5.90. The fraction of sp³-hybridized carbons (Fsp3) is 0.786. The Kier molecular flexibility index (Phi) is 5.53. The molecule has 0 aromatic rings. The van der Waals surface area contributed by atoms with E-state index in [1.807, 2.05) is 20.8 Å². The van der Waals surface area contributed by atoms with E-state index in [1.54, 1.807) is 11.9 Å². The summed E-state index contributed by atoms with van der Waals surface area (Å²) in [5.41, 5.74) is -0.481. The second kappa shape index (κ2) is 6.72. The lowest BCUT2D eigenvalue weighted by Gasteiger charge is -2.30. The molecule has 0 radical (unpaired) electrons. The van der Waals surface area contributed by atoms with E-state index in [4.69, 9.17) is 0 Å².